The van der Waals surface area contributed by atoms with Crippen molar-refractivity contribution >= 4 is 17.3 Å². The number of nitrogens with one attached hydrogen (secondary N) is 1. The van der Waals surface area contributed by atoms with E-state index < -0.39 is 0 Å². The minimum atomic E-state index is 0.0627. The molecular formula is C30H28N4O2. The molecule has 6 nitrogen and oxygen atoms in total. The largest absolute Gasteiger partial charge is 0.354 e. The molecule has 3 heterocycles. The highest BCUT2D eigenvalue weighted by atomic mass is 16.2. The minimum Gasteiger partial charge on any atom is -0.354 e. The first kappa shape index (κ1) is 23.5. The maximum absolute atomic E-state index is 13.1. The SMILES string of the molecule is Cc1ccc(C(=O)Cc2ccc(CN3CCNC(=O)C3)c(C)c2)cc1C#Cc1cnc2ccccn12. The summed E-state index contributed by atoms with van der Waals surface area (Å²) in [7, 11) is 0. The van der Waals surface area contributed by atoms with Crippen molar-refractivity contribution in [3.05, 3.63) is 106 Å². The number of imidazole rings is 1. The van der Waals surface area contributed by atoms with Crippen molar-refractivity contribution < 1.29 is 9.59 Å². The molecule has 2 aromatic carbocycles. The summed E-state index contributed by atoms with van der Waals surface area (Å²) < 4.78 is 1.95. The first-order valence-corrected chi connectivity index (χ1v) is 12.1. The van der Waals surface area contributed by atoms with Crippen LogP contribution in [0.1, 0.15) is 43.9 Å². The molecule has 0 saturated carbocycles. The third-order valence-electron chi connectivity index (χ3n) is 6.58. The lowest BCUT2D eigenvalue weighted by Crippen LogP contribution is -2.47. The zero-order chi connectivity index (χ0) is 25.1. The maximum Gasteiger partial charge on any atom is 0.234 e. The van der Waals surface area contributed by atoms with Crippen molar-refractivity contribution in [2.75, 3.05) is 19.6 Å². The van der Waals surface area contributed by atoms with Crippen LogP contribution < -0.4 is 5.32 Å². The molecule has 0 bridgehead atoms. The molecule has 0 spiro atoms. The second kappa shape index (κ2) is 10.2. The van der Waals surface area contributed by atoms with Gasteiger partial charge in [-0.2, -0.15) is 0 Å². The van der Waals surface area contributed by atoms with E-state index >= 15 is 0 Å². The van der Waals surface area contributed by atoms with E-state index in [0.29, 0.717) is 25.1 Å². The van der Waals surface area contributed by atoms with Crippen LogP contribution in [0.2, 0.25) is 0 Å². The van der Waals surface area contributed by atoms with Gasteiger partial charge in [0.1, 0.15) is 11.3 Å². The summed E-state index contributed by atoms with van der Waals surface area (Å²) in [4.78, 5) is 31.3. The summed E-state index contributed by atoms with van der Waals surface area (Å²) >= 11 is 0. The fraction of sp³-hybridized carbons (Fsp3) is 0.233. The van der Waals surface area contributed by atoms with Gasteiger partial charge in [0, 0.05) is 43.4 Å². The fourth-order valence-electron chi connectivity index (χ4n) is 4.49. The second-order valence-corrected chi connectivity index (χ2v) is 9.27. The highest BCUT2D eigenvalue weighted by Gasteiger charge is 2.17. The first-order chi connectivity index (χ1) is 17.5. The van der Waals surface area contributed by atoms with Crippen molar-refractivity contribution in [2.24, 2.45) is 0 Å². The van der Waals surface area contributed by atoms with Gasteiger partial charge in [-0.1, -0.05) is 42.3 Å². The van der Waals surface area contributed by atoms with Crippen molar-refractivity contribution in [3.63, 3.8) is 0 Å². The van der Waals surface area contributed by atoms with Gasteiger partial charge < -0.3 is 5.32 Å². The number of nitrogens with zero attached hydrogens (tertiary/aromatic N) is 3. The summed E-state index contributed by atoms with van der Waals surface area (Å²) in [6.07, 6.45) is 4.03. The van der Waals surface area contributed by atoms with Crippen molar-refractivity contribution in [1.82, 2.24) is 19.6 Å². The Morgan fingerprint density at radius 2 is 1.94 bits per heavy atom. The molecule has 1 fully saturated rings. The van der Waals surface area contributed by atoms with Crippen LogP contribution in [0.3, 0.4) is 0 Å². The molecule has 2 aromatic heterocycles. The normalized spacial score (nSPS) is 13.8. The van der Waals surface area contributed by atoms with E-state index in [0.717, 1.165) is 46.7 Å². The van der Waals surface area contributed by atoms with Crippen LogP contribution in [-0.4, -0.2) is 45.6 Å². The predicted octanol–water partition coefficient (Wildman–Crippen LogP) is 3.71. The number of ketones is 1. The van der Waals surface area contributed by atoms with Gasteiger partial charge in [-0.05, 0) is 60.2 Å². The quantitative estimate of drug-likeness (QED) is 0.352. The molecule has 1 aliphatic heterocycles. The number of hydrogen-bond acceptors (Lipinski definition) is 4. The number of rotatable bonds is 5. The Kier molecular flexibility index (Phi) is 6.66. The number of pyridine rings is 1. The Morgan fingerprint density at radius 1 is 1.06 bits per heavy atom. The van der Waals surface area contributed by atoms with E-state index in [-0.39, 0.29) is 11.7 Å². The van der Waals surface area contributed by atoms with Crippen LogP contribution in [0.5, 0.6) is 0 Å². The van der Waals surface area contributed by atoms with E-state index in [4.69, 9.17) is 0 Å². The number of amides is 1. The fourth-order valence-corrected chi connectivity index (χ4v) is 4.49. The van der Waals surface area contributed by atoms with Gasteiger partial charge in [-0.15, -0.1) is 0 Å². The third-order valence-corrected chi connectivity index (χ3v) is 6.58. The van der Waals surface area contributed by atoms with Crippen LogP contribution in [0.15, 0.2) is 67.0 Å². The molecule has 5 rings (SSSR count). The van der Waals surface area contributed by atoms with Gasteiger partial charge in [-0.25, -0.2) is 4.98 Å². The molecule has 0 atom stereocenters. The minimum absolute atomic E-state index is 0.0627. The van der Waals surface area contributed by atoms with Crippen LogP contribution in [0.4, 0.5) is 0 Å². The van der Waals surface area contributed by atoms with Gasteiger partial charge in [0.05, 0.1) is 12.7 Å². The number of aromatic nitrogens is 2. The lowest BCUT2D eigenvalue weighted by molar-refractivity contribution is -0.124. The maximum atomic E-state index is 13.1. The summed E-state index contributed by atoms with van der Waals surface area (Å²) in [5.74, 6) is 6.56. The molecule has 1 N–H and O–H groups in total. The van der Waals surface area contributed by atoms with Crippen molar-refractivity contribution in [1.29, 1.82) is 0 Å². The van der Waals surface area contributed by atoms with Gasteiger partial charge in [0.15, 0.2) is 5.78 Å². The summed E-state index contributed by atoms with van der Waals surface area (Å²) in [6.45, 7) is 6.76. The van der Waals surface area contributed by atoms with E-state index in [2.05, 4.69) is 46.1 Å². The number of benzene rings is 2. The molecule has 6 heteroatoms. The number of aryl methyl sites for hydroxylation is 2. The van der Waals surface area contributed by atoms with Gasteiger partial charge in [0.2, 0.25) is 5.91 Å². The smallest absolute Gasteiger partial charge is 0.234 e. The Bertz CT molecular complexity index is 1520. The Morgan fingerprint density at radius 3 is 2.78 bits per heavy atom. The van der Waals surface area contributed by atoms with Gasteiger partial charge in [0.25, 0.3) is 0 Å². The van der Waals surface area contributed by atoms with Crippen molar-refractivity contribution in [3.8, 4) is 11.8 Å². The zero-order valence-corrected chi connectivity index (χ0v) is 20.5. The highest BCUT2D eigenvalue weighted by molar-refractivity contribution is 5.98. The molecule has 0 radical (unpaired) electrons. The standard InChI is InChI=1S/C30H28N4O2/c1-21-6-8-25(17-24(21)10-11-27-18-32-29-5-3-4-13-34(27)29)28(35)16-23-7-9-26(22(2)15-23)19-33-14-12-31-30(36)20-33/h3-9,13,15,17-18H,12,14,16,19-20H2,1-2H3,(H,31,36). The number of carbonyl (C=O) groups excluding carboxylic acids is 2. The molecule has 0 unspecified atom stereocenters. The molecule has 1 aliphatic rings. The van der Waals surface area contributed by atoms with E-state index in [9.17, 15) is 9.59 Å². The topological polar surface area (TPSA) is 66.7 Å². The second-order valence-electron chi connectivity index (χ2n) is 9.27. The third kappa shape index (κ3) is 5.22. The monoisotopic (exact) mass is 476 g/mol. The number of carbonyl (C=O) groups is 2. The number of piperazine rings is 1. The summed E-state index contributed by atoms with van der Waals surface area (Å²) in [5.41, 5.74) is 7.48. The van der Waals surface area contributed by atoms with E-state index in [1.165, 1.54) is 5.56 Å². The van der Waals surface area contributed by atoms with Crippen LogP contribution >= 0.6 is 0 Å². The van der Waals surface area contributed by atoms with Gasteiger partial charge >= 0.3 is 0 Å². The first-order valence-electron chi connectivity index (χ1n) is 12.1. The van der Waals surface area contributed by atoms with Crippen molar-refractivity contribution in [2.45, 2.75) is 26.8 Å². The average Bonchev–Trinajstić information content (AvgIpc) is 3.28. The molecule has 1 amide bonds. The van der Waals surface area contributed by atoms with Crippen LogP contribution in [-0.2, 0) is 17.8 Å². The molecule has 1 saturated heterocycles. The molecule has 0 aliphatic carbocycles. The van der Waals surface area contributed by atoms with E-state index in [1.807, 2.05) is 60.0 Å². The molecular weight excluding hydrogens is 448 g/mol. The molecule has 36 heavy (non-hydrogen) atoms. The van der Waals surface area contributed by atoms with Gasteiger partial charge in [-0.3, -0.25) is 18.9 Å². The Balaban J connectivity index is 1.30. The molecule has 4 aromatic rings. The average molecular weight is 477 g/mol. The molecule has 180 valence electrons. The number of fused-ring (bicyclic) bond motifs is 1. The Labute approximate surface area is 211 Å². The van der Waals surface area contributed by atoms with Crippen LogP contribution in [0.25, 0.3) is 5.65 Å². The lowest BCUT2D eigenvalue weighted by atomic mass is 9.96. The Hall–Kier alpha value is -4.21. The van der Waals surface area contributed by atoms with E-state index in [1.54, 1.807) is 6.20 Å². The number of Topliss-reactive ketones (excluding diaryl/α,β-unsaturated/α-hetero) is 1. The summed E-state index contributed by atoms with van der Waals surface area (Å²) in [6, 6.07) is 17.7. The zero-order valence-electron chi connectivity index (χ0n) is 20.5. The number of hydrogen-bond donors (Lipinski definition) is 1. The summed E-state index contributed by atoms with van der Waals surface area (Å²) in [5, 5.41) is 2.86. The lowest BCUT2D eigenvalue weighted by Gasteiger charge is -2.27. The highest BCUT2D eigenvalue weighted by Crippen LogP contribution is 2.18. The predicted molar refractivity (Wildman–Crippen MR) is 140 cm³/mol. The van der Waals surface area contributed by atoms with Crippen LogP contribution in [0, 0.1) is 25.7 Å².